The number of amides is 1. The molecule has 1 aliphatic heterocycles. The Hall–Kier alpha value is -1.44. The minimum Gasteiger partial charge on any atom is -0.393 e. The van der Waals surface area contributed by atoms with Gasteiger partial charge in [0.25, 0.3) is 0 Å². The van der Waals surface area contributed by atoms with Gasteiger partial charge in [0, 0.05) is 25.7 Å². The van der Waals surface area contributed by atoms with Crippen molar-refractivity contribution in [1.82, 2.24) is 4.31 Å². The number of carbonyl (C=O) groups excluding carboxylic acids is 1. The van der Waals surface area contributed by atoms with Crippen LogP contribution < -0.4 is 5.32 Å². The second kappa shape index (κ2) is 6.13. The predicted molar refractivity (Wildman–Crippen MR) is 79.5 cm³/mol. The normalized spacial score (nSPS) is 17.7. The molecule has 0 bridgehead atoms. The summed E-state index contributed by atoms with van der Waals surface area (Å²) in [6, 6.07) is 4.84. The Balaban J connectivity index is 2.32. The lowest BCUT2D eigenvalue weighted by Gasteiger charge is -2.29. The van der Waals surface area contributed by atoms with Gasteiger partial charge in [0.2, 0.25) is 15.9 Å². The van der Waals surface area contributed by atoms with Crippen LogP contribution in [0.25, 0.3) is 0 Å². The van der Waals surface area contributed by atoms with Gasteiger partial charge >= 0.3 is 0 Å². The van der Waals surface area contributed by atoms with Crippen LogP contribution in [-0.4, -0.2) is 42.9 Å². The third-order valence-corrected chi connectivity index (χ3v) is 5.59. The van der Waals surface area contributed by atoms with Gasteiger partial charge in [0.15, 0.2) is 0 Å². The number of carbonyl (C=O) groups is 1. The van der Waals surface area contributed by atoms with Crippen molar-refractivity contribution in [3.8, 4) is 0 Å². The zero-order valence-corrected chi connectivity index (χ0v) is 13.0. The summed E-state index contributed by atoms with van der Waals surface area (Å²) in [4.78, 5) is 11.3. The molecule has 1 aromatic rings. The molecule has 0 saturated carbocycles. The molecule has 0 aliphatic carbocycles. The number of rotatable bonds is 3. The average Bonchev–Trinajstić information content (AvgIpc) is 2.41. The molecule has 7 heteroatoms. The van der Waals surface area contributed by atoms with Gasteiger partial charge in [-0.3, -0.25) is 4.79 Å². The lowest BCUT2D eigenvalue weighted by Crippen LogP contribution is -2.40. The minimum atomic E-state index is -3.60. The molecule has 1 aliphatic rings. The Labute approximate surface area is 124 Å². The van der Waals surface area contributed by atoms with E-state index in [1.807, 2.05) is 0 Å². The Morgan fingerprint density at radius 2 is 1.95 bits per heavy atom. The maximum absolute atomic E-state index is 12.7. The van der Waals surface area contributed by atoms with Crippen molar-refractivity contribution >= 4 is 21.6 Å². The van der Waals surface area contributed by atoms with Crippen molar-refractivity contribution in [2.45, 2.75) is 37.7 Å². The predicted octanol–water partition coefficient (Wildman–Crippen LogP) is 1.10. The van der Waals surface area contributed by atoms with Gasteiger partial charge in [0.05, 0.1) is 11.0 Å². The smallest absolute Gasteiger partial charge is 0.243 e. The van der Waals surface area contributed by atoms with Gasteiger partial charge in [-0.05, 0) is 37.5 Å². The number of nitrogens with one attached hydrogen (secondary N) is 1. The van der Waals surface area contributed by atoms with Gasteiger partial charge < -0.3 is 10.4 Å². The van der Waals surface area contributed by atoms with E-state index < -0.39 is 16.1 Å². The number of aliphatic hydroxyl groups excluding tert-OH is 1. The highest BCUT2D eigenvalue weighted by Gasteiger charge is 2.29. The maximum atomic E-state index is 12.7. The SMILES string of the molecule is CC(=O)Nc1ccc(C)c(S(=O)(=O)N2CCC(O)CC2)c1. The van der Waals surface area contributed by atoms with E-state index in [4.69, 9.17) is 0 Å². The number of hydrogen-bond donors (Lipinski definition) is 2. The molecule has 1 heterocycles. The molecule has 0 unspecified atom stereocenters. The van der Waals surface area contributed by atoms with Crippen molar-refractivity contribution in [3.05, 3.63) is 23.8 Å². The molecule has 1 fully saturated rings. The lowest BCUT2D eigenvalue weighted by atomic mass is 10.1. The van der Waals surface area contributed by atoms with Gasteiger partial charge in [-0.1, -0.05) is 6.07 Å². The summed E-state index contributed by atoms with van der Waals surface area (Å²) in [7, 11) is -3.60. The number of aryl methyl sites for hydroxylation is 1. The second-order valence-electron chi connectivity index (χ2n) is 5.30. The first-order chi connectivity index (χ1) is 9.80. The number of hydrogen-bond acceptors (Lipinski definition) is 4. The summed E-state index contributed by atoms with van der Waals surface area (Å²) in [6.45, 7) is 3.73. The van der Waals surface area contributed by atoms with Crippen molar-refractivity contribution in [2.24, 2.45) is 0 Å². The number of aliphatic hydroxyl groups is 1. The van der Waals surface area contributed by atoms with E-state index in [2.05, 4.69) is 5.32 Å². The fourth-order valence-corrected chi connectivity index (χ4v) is 4.10. The van der Waals surface area contributed by atoms with Crippen LogP contribution in [0.5, 0.6) is 0 Å². The van der Waals surface area contributed by atoms with E-state index in [0.29, 0.717) is 37.2 Å². The number of piperidine rings is 1. The van der Waals surface area contributed by atoms with E-state index >= 15 is 0 Å². The van der Waals surface area contributed by atoms with E-state index in [-0.39, 0.29) is 10.8 Å². The summed E-state index contributed by atoms with van der Waals surface area (Å²) in [6.07, 6.45) is 0.469. The number of sulfonamides is 1. The highest BCUT2D eigenvalue weighted by Crippen LogP contribution is 2.26. The van der Waals surface area contributed by atoms with E-state index in [0.717, 1.165) is 0 Å². The minimum absolute atomic E-state index is 0.199. The summed E-state index contributed by atoms with van der Waals surface area (Å²) < 4.78 is 26.8. The zero-order chi connectivity index (χ0) is 15.6. The van der Waals surface area contributed by atoms with Crippen LogP contribution in [0.4, 0.5) is 5.69 Å². The molecule has 1 amide bonds. The van der Waals surface area contributed by atoms with E-state index in [9.17, 15) is 18.3 Å². The molecule has 2 rings (SSSR count). The van der Waals surface area contributed by atoms with Gasteiger partial charge in [0.1, 0.15) is 0 Å². The average molecular weight is 312 g/mol. The summed E-state index contributed by atoms with van der Waals surface area (Å²) in [5.41, 5.74) is 1.10. The van der Waals surface area contributed by atoms with Crippen LogP contribution in [-0.2, 0) is 14.8 Å². The first kappa shape index (κ1) is 15.9. The first-order valence-electron chi connectivity index (χ1n) is 6.87. The molecule has 2 N–H and O–H groups in total. The fourth-order valence-electron chi connectivity index (χ4n) is 2.38. The molecular formula is C14H20N2O4S. The largest absolute Gasteiger partial charge is 0.393 e. The van der Waals surface area contributed by atoms with Crippen LogP contribution in [0.3, 0.4) is 0 Å². The molecular weight excluding hydrogens is 292 g/mol. The molecule has 1 aromatic carbocycles. The number of anilines is 1. The second-order valence-corrected chi connectivity index (χ2v) is 7.20. The highest BCUT2D eigenvalue weighted by atomic mass is 32.2. The molecule has 0 spiro atoms. The molecule has 1 saturated heterocycles. The first-order valence-corrected chi connectivity index (χ1v) is 8.31. The van der Waals surface area contributed by atoms with Gasteiger partial charge in [-0.2, -0.15) is 4.31 Å². The van der Waals surface area contributed by atoms with E-state index in [1.54, 1.807) is 19.1 Å². The van der Waals surface area contributed by atoms with Crippen LogP contribution in [0.2, 0.25) is 0 Å². The third kappa shape index (κ3) is 3.61. The summed E-state index contributed by atoms with van der Waals surface area (Å²) >= 11 is 0. The summed E-state index contributed by atoms with van der Waals surface area (Å²) in [5.74, 6) is -0.247. The van der Waals surface area contributed by atoms with Crippen molar-refractivity contribution in [3.63, 3.8) is 0 Å². The molecule has 0 radical (unpaired) electrons. The van der Waals surface area contributed by atoms with Crippen LogP contribution in [0.1, 0.15) is 25.3 Å². The Morgan fingerprint density at radius 1 is 1.33 bits per heavy atom. The van der Waals surface area contributed by atoms with Crippen LogP contribution in [0, 0.1) is 6.92 Å². The Morgan fingerprint density at radius 3 is 2.52 bits per heavy atom. The summed E-state index contributed by atoms with van der Waals surface area (Å²) in [5, 5.41) is 12.1. The van der Waals surface area contributed by atoms with Crippen LogP contribution >= 0.6 is 0 Å². The molecule has 0 atom stereocenters. The number of nitrogens with zero attached hydrogens (tertiary/aromatic N) is 1. The fraction of sp³-hybridized carbons (Fsp3) is 0.500. The monoisotopic (exact) mass is 312 g/mol. The highest BCUT2D eigenvalue weighted by molar-refractivity contribution is 7.89. The van der Waals surface area contributed by atoms with Crippen LogP contribution in [0.15, 0.2) is 23.1 Å². The van der Waals surface area contributed by atoms with Crippen molar-refractivity contribution in [2.75, 3.05) is 18.4 Å². The Kier molecular flexibility index (Phi) is 4.65. The molecule has 6 nitrogen and oxygen atoms in total. The van der Waals surface area contributed by atoms with Gasteiger partial charge in [-0.25, -0.2) is 8.42 Å². The number of benzene rings is 1. The van der Waals surface area contributed by atoms with E-state index in [1.165, 1.54) is 17.3 Å². The topological polar surface area (TPSA) is 86.7 Å². The third-order valence-electron chi connectivity index (χ3n) is 3.55. The lowest BCUT2D eigenvalue weighted by molar-refractivity contribution is -0.114. The molecule has 0 aromatic heterocycles. The Bertz CT molecular complexity index is 634. The van der Waals surface area contributed by atoms with Gasteiger partial charge in [-0.15, -0.1) is 0 Å². The quantitative estimate of drug-likeness (QED) is 0.875. The van der Waals surface area contributed by atoms with Crippen molar-refractivity contribution in [1.29, 1.82) is 0 Å². The van der Waals surface area contributed by atoms with Crippen molar-refractivity contribution < 1.29 is 18.3 Å². The zero-order valence-electron chi connectivity index (χ0n) is 12.2. The maximum Gasteiger partial charge on any atom is 0.243 e. The standard InChI is InChI=1S/C14H20N2O4S/c1-10-3-4-12(15-11(2)17)9-14(10)21(19,20)16-7-5-13(18)6-8-16/h3-4,9,13,18H,5-8H2,1-2H3,(H,15,17). The molecule has 21 heavy (non-hydrogen) atoms. The molecule has 116 valence electrons.